The third-order valence-electron chi connectivity index (χ3n) is 2.53. The summed E-state index contributed by atoms with van der Waals surface area (Å²) >= 11 is 0. The molecule has 0 aromatic rings. The van der Waals surface area contributed by atoms with E-state index in [1.165, 1.54) is 0 Å². The Bertz CT molecular complexity index is 282. The van der Waals surface area contributed by atoms with E-state index in [9.17, 15) is 22.8 Å². The third kappa shape index (κ3) is 2.77. The van der Waals surface area contributed by atoms with Crippen molar-refractivity contribution in [3.8, 4) is 0 Å². The lowest BCUT2D eigenvalue weighted by molar-refractivity contribution is -0.191. The molecule has 16 heavy (non-hydrogen) atoms. The van der Waals surface area contributed by atoms with Crippen molar-refractivity contribution in [1.82, 2.24) is 4.90 Å². The number of carbonyl (C=O) groups is 2. The Morgan fingerprint density at radius 3 is 2.12 bits per heavy atom. The quantitative estimate of drug-likeness (QED) is 0.724. The predicted octanol–water partition coefficient (Wildman–Crippen LogP) is 1.25. The summed E-state index contributed by atoms with van der Waals surface area (Å²) in [5, 5.41) is 17.2. The number of nitrogens with zero attached hydrogens (tertiary/aromatic N) is 1. The van der Waals surface area contributed by atoms with E-state index < -0.39 is 49.6 Å². The van der Waals surface area contributed by atoms with E-state index in [-0.39, 0.29) is 0 Å². The molecule has 1 aliphatic heterocycles. The molecule has 8 heteroatoms. The van der Waals surface area contributed by atoms with Crippen LogP contribution in [-0.2, 0) is 4.79 Å². The Labute approximate surface area is 88.5 Å². The van der Waals surface area contributed by atoms with Gasteiger partial charge in [-0.2, -0.15) is 13.2 Å². The van der Waals surface area contributed by atoms with Gasteiger partial charge < -0.3 is 15.1 Å². The number of likely N-dealkylation sites (tertiary alicyclic amines) is 1. The maximum absolute atomic E-state index is 12.4. The van der Waals surface area contributed by atoms with Crippen molar-refractivity contribution in [3.05, 3.63) is 0 Å². The maximum atomic E-state index is 12.4. The number of carboxylic acid groups (broad SMARTS) is 2. The first-order chi connectivity index (χ1) is 7.21. The normalized spacial score (nSPS) is 26.6. The molecule has 0 radical (unpaired) electrons. The van der Waals surface area contributed by atoms with Crippen LogP contribution < -0.4 is 0 Å². The fourth-order valence-electron chi connectivity index (χ4n) is 1.67. The summed E-state index contributed by atoms with van der Waals surface area (Å²) in [4.78, 5) is 21.7. The fraction of sp³-hybridized carbons (Fsp3) is 0.750. The second kappa shape index (κ2) is 4.18. The number of piperidine rings is 1. The van der Waals surface area contributed by atoms with Gasteiger partial charge in [-0.1, -0.05) is 0 Å². The van der Waals surface area contributed by atoms with Crippen molar-refractivity contribution in [2.45, 2.75) is 12.6 Å². The minimum Gasteiger partial charge on any atom is -0.481 e. The monoisotopic (exact) mass is 241 g/mol. The summed E-state index contributed by atoms with van der Waals surface area (Å²) in [6, 6.07) is 0. The molecule has 0 saturated carbocycles. The smallest absolute Gasteiger partial charge is 0.407 e. The number of rotatable bonds is 1. The summed E-state index contributed by atoms with van der Waals surface area (Å²) in [7, 11) is 0. The molecule has 0 aliphatic carbocycles. The molecule has 0 aromatic carbocycles. The van der Waals surface area contributed by atoms with Crippen molar-refractivity contribution < 1.29 is 33.0 Å². The van der Waals surface area contributed by atoms with Gasteiger partial charge in [-0.15, -0.1) is 0 Å². The molecular weight excluding hydrogens is 231 g/mol. The molecule has 0 unspecified atom stereocenters. The van der Waals surface area contributed by atoms with Crippen molar-refractivity contribution in [3.63, 3.8) is 0 Å². The van der Waals surface area contributed by atoms with Crippen LogP contribution >= 0.6 is 0 Å². The van der Waals surface area contributed by atoms with Gasteiger partial charge >= 0.3 is 18.2 Å². The van der Waals surface area contributed by atoms with E-state index >= 15 is 0 Å². The van der Waals surface area contributed by atoms with Crippen LogP contribution in [0.4, 0.5) is 18.0 Å². The van der Waals surface area contributed by atoms with Crippen LogP contribution in [0.2, 0.25) is 0 Å². The molecule has 5 nitrogen and oxygen atoms in total. The largest absolute Gasteiger partial charge is 0.481 e. The highest BCUT2D eigenvalue weighted by molar-refractivity contribution is 5.72. The van der Waals surface area contributed by atoms with Crippen LogP contribution in [0.25, 0.3) is 0 Å². The Balaban J connectivity index is 2.82. The third-order valence-corrected chi connectivity index (χ3v) is 2.53. The molecular formula is C8H10F3NO4. The minimum atomic E-state index is -4.57. The molecule has 1 rings (SSSR count). The van der Waals surface area contributed by atoms with Crippen molar-refractivity contribution in [1.29, 1.82) is 0 Å². The standard InChI is InChI=1S/C8H10F3NO4/c9-8(10,11)5-1-4(6(13)14)2-12(3-5)7(15)16/h4-5H,1-3H2,(H,13,14)(H,15,16)/t4-,5-/m0/s1. The van der Waals surface area contributed by atoms with Gasteiger partial charge in [0, 0.05) is 13.1 Å². The number of hydrogen-bond acceptors (Lipinski definition) is 2. The van der Waals surface area contributed by atoms with E-state index in [0.717, 1.165) is 0 Å². The van der Waals surface area contributed by atoms with Crippen LogP contribution in [0.3, 0.4) is 0 Å². The molecule has 1 saturated heterocycles. The lowest BCUT2D eigenvalue weighted by Crippen LogP contribution is -2.49. The van der Waals surface area contributed by atoms with Crippen molar-refractivity contribution in [2.24, 2.45) is 11.8 Å². The summed E-state index contributed by atoms with van der Waals surface area (Å²) in [5.74, 6) is -4.60. The van der Waals surface area contributed by atoms with Gasteiger partial charge in [0.2, 0.25) is 0 Å². The predicted molar refractivity (Wildman–Crippen MR) is 44.9 cm³/mol. The van der Waals surface area contributed by atoms with Gasteiger partial charge in [0.25, 0.3) is 0 Å². The number of hydrogen-bond donors (Lipinski definition) is 2. The molecule has 1 fully saturated rings. The zero-order valence-corrected chi connectivity index (χ0v) is 8.07. The van der Waals surface area contributed by atoms with Gasteiger partial charge in [-0.25, -0.2) is 4.79 Å². The number of alkyl halides is 3. The second-order valence-corrected chi connectivity index (χ2v) is 3.70. The zero-order valence-electron chi connectivity index (χ0n) is 8.07. The molecule has 1 aliphatic rings. The Morgan fingerprint density at radius 2 is 1.75 bits per heavy atom. The van der Waals surface area contributed by atoms with Crippen LogP contribution in [0.15, 0.2) is 0 Å². The van der Waals surface area contributed by atoms with Crippen LogP contribution in [0, 0.1) is 11.8 Å². The van der Waals surface area contributed by atoms with Crippen LogP contribution in [0.1, 0.15) is 6.42 Å². The average Bonchev–Trinajstić information content (AvgIpc) is 2.15. The molecule has 0 aromatic heterocycles. The highest BCUT2D eigenvalue weighted by atomic mass is 19.4. The molecule has 0 spiro atoms. The summed E-state index contributed by atoms with van der Waals surface area (Å²) < 4.78 is 37.2. The number of halogens is 3. The maximum Gasteiger partial charge on any atom is 0.407 e. The van der Waals surface area contributed by atoms with Crippen LogP contribution in [-0.4, -0.2) is 46.4 Å². The first-order valence-corrected chi connectivity index (χ1v) is 4.49. The second-order valence-electron chi connectivity index (χ2n) is 3.70. The number of carboxylic acids is 1. The first-order valence-electron chi connectivity index (χ1n) is 4.49. The van der Waals surface area contributed by atoms with Gasteiger partial charge in [-0.05, 0) is 6.42 Å². The topological polar surface area (TPSA) is 77.8 Å². The summed E-state index contributed by atoms with van der Waals surface area (Å²) in [5.41, 5.74) is 0. The number of aliphatic carboxylic acids is 1. The Hall–Kier alpha value is -1.47. The highest BCUT2D eigenvalue weighted by Gasteiger charge is 2.47. The Morgan fingerprint density at radius 1 is 1.19 bits per heavy atom. The van der Waals surface area contributed by atoms with E-state index in [0.29, 0.717) is 4.90 Å². The average molecular weight is 241 g/mol. The molecule has 92 valence electrons. The lowest BCUT2D eigenvalue weighted by atomic mass is 9.89. The minimum absolute atomic E-state index is 0.392. The summed E-state index contributed by atoms with van der Waals surface area (Å²) in [6.45, 7) is -1.08. The highest BCUT2D eigenvalue weighted by Crippen LogP contribution is 2.35. The molecule has 0 bridgehead atoms. The first kappa shape index (κ1) is 12.6. The lowest BCUT2D eigenvalue weighted by Gasteiger charge is -2.35. The van der Waals surface area contributed by atoms with Gasteiger partial charge in [0.15, 0.2) is 0 Å². The van der Waals surface area contributed by atoms with Crippen LogP contribution in [0.5, 0.6) is 0 Å². The molecule has 1 heterocycles. The van der Waals surface area contributed by atoms with E-state index in [1.54, 1.807) is 0 Å². The summed E-state index contributed by atoms with van der Waals surface area (Å²) in [6.07, 6.45) is -6.66. The molecule has 2 N–H and O–H groups in total. The van der Waals surface area contributed by atoms with E-state index in [1.807, 2.05) is 0 Å². The van der Waals surface area contributed by atoms with Crippen molar-refractivity contribution in [2.75, 3.05) is 13.1 Å². The fourth-order valence-corrected chi connectivity index (χ4v) is 1.67. The molecule has 1 amide bonds. The van der Waals surface area contributed by atoms with E-state index in [4.69, 9.17) is 10.2 Å². The van der Waals surface area contributed by atoms with E-state index in [2.05, 4.69) is 0 Å². The molecule has 2 atom stereocenters. The van der Waals surface area contributed by atoms with Crippen molar-refractivity contribution >= 4 is 12.1 Å². The van der Waals surface area contributed by atoms with Gasteiger partial charge in [0.1, 0.15) is 0 Å². The van der Waals surface area contributed by atoms with Gasteiger partial charge in [-0.3, -0.25) is 4.79 Å². The Kier molecular flexibility index (Phi) is 3.30. The number of amides is 1. The zero-order chi connectivity index (χ0) is 12.5. The van der Waals surface area contributed by atoms with Gasteiger partial charge in [0.05, 0.1) is 11.8 Å². The SMILES string of the molecule is O=C(O)[C@H]1C[C@H](C(F)(F)F)CN(C(=O)O)C1.